The lowest BCUT2D eigenvalue weighted by atomic mass is 9.90. The third-order valence-corrected chi connectivity index (χ3v) is 3.93. The molecule has 0 amide bonds. The van der Waals surface area contributed by atoms with Crippen molar-refractivity contribution in [2.45, 2.75) is 44.4 Å². The maximum Gasteiger partial charge on any atom is 0.154 e. The fourth-order valence-electron chi connectivity index (χ4n) is 2.78. The fourth-order valence-corrected chi connectivity index (χ4v) is 2.78. The molecule has 2 nitrogen and oxygen atoms in total. The number of hydrogen-bond donors (Lipinski definition) is 0. The zero-order valence-corrected chi connectivity index (χ0v) is 10.9. The van der Waals surface area contributed by atoms with Gasteiger partial charge in [0.15, 0.2) is 5.78 Å². The first-order chi connectivity index (χ1) is 9.20. The molecular formula is C16H18FNO. The Morgan fingerprint density at radius 1 is 1.32 bits per heavy atom. The minimum absolute atomic E-state index is 0.0407. The number of halogens is 1. The van der Waals surface area contributed by atoms with Crippen LogP contribution in [0.4, 0.5) is 4.39 Å². The Hall–Kier alpha value is -1.69. The second-order valence-corrected chi connectivity index (χ2v) is 5.27. The van der Waals surface area contributed by atoms with Gasteiger partial charge in [-0.25, -0.2) is 4.39 Å². The molecule has 100 valence electrons. The SMILES string of the molecule is N#CC(C(=O)CCC1CCCC1)c1ccc(F)cc1. The summed E-state index contributed by atoms with van der Waals surface area (Å²) >= 11 is 0. The number of nitriles is 1. The Morgan fingerprint density at radius 2 is 1.95 bits per heavy atom. The summed E-state index contributed by atoms with van der Waals surface area (Å²) in [7, 11) is 0. The van der Waals surface area contributed by atoms with Crippen LogP contribution in [0.25, 0.3) is 0 Å². The van der Waals surface area contributed by atoms with Crippen molar-refractivity contribution in [1.29, 1.82) is 5.26 Å². The number of carbonyl (C=O) groups is 1. The van der Waals surface area contributed by atoms with E-state index in [-0.39, 0.29) is 11.6 Å². The molecule has 0 saturated heterocycles. The zero-order valence-electron chi connectivity index (χ0n) is 10.9. The molecule has 0 spiro atoms. The molecule has 2 rings (SSSR count). The van der Waals surface area contributed by atoms with Gasteiger partial charge in [0.25, 0.3) is 0 Å². The third-order valence-electron chi connectivity index (χ3n) is 3.93. The van der Waals surface area contributed by atoms with Gasteiger partial charge in [0.2, 0.25) is 0 Å². The molecule has 1 fully saturated rings. The molecule has 1 aromatic rings. The smallest absolute Gasteiger partial charge is 0.154 e. The molecule has 1 aliphatic carbocycles. The van der Waals surface area contributed by atoms with Crippen molar-refractivity contribution in [3.05, 3.63) is 35.6 Å². The quantitative estimate of drug-likeness (QED) is 0.802. The number of carbonyl (C=O) groups excluding carboxylic acids is 1. The van der Waals surface area contributed by atoms with E-state index in [1.807, 2.05) is 6.07 Å². The van der Waals surface area contributed by atoms with Gasteiger partial charge in [-0.2, -0.15) is 5.26 Å². The summed E-state index contributed by atoms with van der Waals surface area (Å²) in [5, 5.41) is 9.15. The van der Waals surface area contributed by atoms with Crippen LogP contribution >= 0.6 is 0 Å². The molecular weight excluding hydrogens is 241 g/mol. The van der Waals surface area contributed by atoms with Gasteiger partial charge in [0.05, 0.1) is 6.07 Å². The van der Waals surface area contributed by atoms with Crippen LogP contribution in [-0.4, -0.2) is 5.78 Å². The van der Waals surface area contributed by atoms with E-state index in [0.717, 1.165) is 6.42 Å². The van der Waals surface area contributed by atoms with E-state index < -0.39 is 5.92 Å². The predicted octanol–water partition coefficient (Wildman–Crippen LogP) is 3.97. The summed E-state index contributed by atoms with van der Waals surface area (Å²) in [5.74, 6) is -0.488. The average Bonchev–Trinajstić information content (AvgIpc) is 2.92. The van der Waals surface area contributed by atoms with E-state index in [1.165, 1.54) is 49.9 Å². The summed E-state index contributed by atoms with van der Waals surface area (Å²) in [6, 6.07) is 7.68. The van der Waals surface area contributed by atoms with E-state index in [4.69, 9.17) is 5.26 Å². The lowest BCUT2D eigenvalue weighted by molar-refractivity contribution is -0.119. The average molecular weight is 259 g/mol. The molecule has 0 bridgehead atoms. The maximum atomic E-state index is 12.8. The van der Waals surface area contributed by atoms with Crippen molar-refractivity contribution in [1.82, 2.24) is 0 Å². The van der Waals surface area contributed by atoms with Crippen molar-refractivity contribution in [2.24, 2.45) is 5.92 Å². The minimum Gasteiger partial charge on any atom is -0.298 e. The number of benzene rings is 1. The van der Waals surface area contributed by atoms with Crippen LogP contribution in [0.2, 0.25) is 0 Å². The van der Waals surface area contributed by atoms with Gasteiger partial charge in [0, 0.05) is 6.42 Å². The van der Waals surface area contributed by atoms with Gasteiger partial charge >= 0.3 is 0 Å². The van der Waals surface area contributed by atoms with Crippen LogP contribution in [0.1, 0.15) is 50.0 Å². The van der Waals surface area contributed by atoms with E-state index in [9.17, 15) is 9.18 Å². The summed E-state index contributed by atoms with van der Waals surface area (Å²) in [6.45, 7) is 0. The first kappa shape index (κ1) is 13.7. The summed E-state index contributed by atoms with van der Waals surface area (Å²) < 4.78 is 12.8. The zero-order chi connectivity index (χ0) is 13.7. The van der Waals surface area contributed by atoms with Crippen molar-refractivity contribution < 1.29 is 9.18 Å². The van der Waals surface area contributed by atoms with Crippen molar-refractivity contribution in [3.8, 4) is 6.07 Å². The predicted molar refractivity (Wildman–Crippen MR) is 71.0 cm³/mol. The van der Waals surface area contributed by atoms with Crippen LogP contribution in [0.15, 0.2) is 24.3 Å². The monoisotopic (exact) mass is 259 g/mol. The molecule has 1 atom stereocenters. The molecule has 0 aromatic heterocycles. The number of ketones is 1. The normalized spacial score (nSPS) is 17.1. The summed E-state index contributed by atoms with van der Waals surface area (Å²) in [5.41, 5.74) is 0.598. The van der Waals surface area contributed by atoms with E-state index >= 15 is 0 Å². The molecule has 0 N–H and O–H groups in total. The third kappa shape index (κ3) is 3.64. The van der Waals surface area contributed by atoms with Gasteiger partial charge < -0.3 is 0 Å². The Kier molecular flexibility index (Phi) is 4.68. The second-order valence-electron chi connectivity index (χ2n) is 5.27. The van der Waals surface area contributed by atoms with Crippen molar-refractivity contribution in [2.75, 3.05) is 0 Å². The number of rotatable bonds is 5. The van der Waals surface area contributed by atoms with Gasteiger partial charge in [0.1, 0.15) is 11.7 Å². The topological polar surface area (TPSA) is 40.9 Å². The first-order valence-electron chi connectivity index (χ1n) is 6.88. The molecule has 1 unspecified atom stereocenters. The molecule has 1 saturated carbocycles. The number of nitrogens with zero attached hydrogens (tertiary/aromatic N) is 1. The molecule has 3 heteroatoms. The molecule has 0 radical (unpaired) electrons. The molecule has 1 aliphatic rings. The second kappa shape index (κ2) is 6.47. The molecule has 19 heavy (non-hydrogen) atoms. The van der Waals surface area contributed by atoms with Crippen molar-refractivity contribution >= 4 is 5.78 Å². The highest BCUT2D eigenvalue weighted by Crippen LogP contribution is 2.29. The maximum absolute atomic E-state index is 12.8. The summed E-state index contributed by atoms with van der Waals surface area (Å²) in [6.07, 6.45) is 6.29. The van der Waals surface area contributed by atoms with Gasteiger partial charge in [-0.1, -0.05) is 37.8 Å². The number of hydrogen-bond acceptors (Lipinski definition) is 2. The fraction of sp³-hybridized carbons (Fsp3) is 0.500. The van der Waals surface area contributed by atoms with Gasteiger partial charge in [-0.05, 0) is 30.0 Å². The Labute approximate surface area is 113 Å². The van der Waals surface area contributed by atoms with Crippen LogP contribution < -0.4 is 0 Å². The van der Waals surface area contributed by atoms with Crippen LogP contribution in [0, 0.1) is 23.1 Å². The standard InChI is InChI=1S/C16H18FNO/c17-14-8-6-13(7-9-14)15(11-18)16(19)10-5-12-3-1-2-4-12/h6-9,12,15H,1-5,10H2. The Bertz CT molecular complexity index is 469. The molecule has 0 aliphatic heterocycles. The number of Topliss-reactive ketones (excluding diaryl/α,β-unsaturated/α-hetero) is 1. The summed E-state index contributed by atoms with van der Waals surface area (Å²) in [4.78, 5) is 12.1. The Balaban J connectivity index is 1.95. The highest BCUT2D eigenvalue weighted by molar-refractivity contribution is 5.88. The molecule has 1 aromatic carbocycles. The van der Waals surface area contributed by atoms with Gasteiger partial charge in [-0.15, -0.1) is 0 Å². The minimum atomic E-state index is -0.748. The lowest BCUT2D eigenvalue weighted by Gasteiger charge is -2.11. The molecule has 0 heterocycles. The highest BCUT2D eigenvalue weighted by atomic mass is 19.1. The Morgan fingerprint density at radius 3 is 2.53 bits per heavy atom. The van der Waals surface area contributed by atoms with Crippen LogP contribution in [0.5, 0.6) is 0 Å². The first-order valence-corrected chi connectivity index (χ1v) is 6.88. The van der Waals surface area contributed by atoms with Crippen LogP contribution in [0.3, 0.4) is 0 Å². The van der Waals surface area contributed by atoms with E-state index in [2.05, 4.69) is 0 Å². The van der Waals surface area contributed by atoms with E-state index in [0.29, 0.717) is 17.9 Å². The highest BCUT2D eigenvalue weighted by Gasteiger charge is 2.22. The van der Waals surface area contributed by atoms with E-state index in [1.54, 1.807) is 0 Å². The van der Waals surface area contributed by atoms with Gasteiger partial charge in [-0.3, -0.25) is 4.79 Å². The van der Waals surface area contributed by atoms with Crippen LogP contribution in [-0.2, 0) is 4.79 Å². The largest absolute Gasteiger partial charge is 0.298 e. The lowest BCUT2D eigenvalue weighted by Crippen LogP contribution is -2.12. The van der Waals surface area contributed by atoms with Crippen molar-refractivity contribution in [3.63, 3.8) is 0 Å².